The Labute approximate surface area is 310 Å². The van der Waals surface area contributed by atoms with E-state index in [2.05, 4.69) is 9.47 Å². The van der Waals surface area contributed by atoms with E-state index in [0.717, 1.165) is 0 Å². The van der Waals surface area contributed by atoms with E-state index in [1.165, 1.54) is 87.0 Å². The van der Waals surface area contributed by atoms with Gasteiger partial charge in [0.15, 0.2) is 0 Å². The van der Waals surface area contributed by atoms with Gasteiger partial charge in [-0.3, -0.25) is 0 Å². The summed E-state index contributed by atoms with van der Waals surface area (Å²) in [6, 6.07) is 17.5. The number of rotatable bonds is 15. The van der Waals surface area contributed by atoms with E-state index in [4.69, 9.17) is 49.6 Å². The highest BCUT2D eigenvalue weighted by molar-refractivity contribution is 5.95. The third-order valence-electron chi connectivity index (χ3n) is 5.84. The number of aliphatic hydroxyl groups excluding tert-OH is 6. The van der Waals surface area contributed by atoms with Crippen LogP contribution in [-0.4, -0.2) is 147 Å². The van der Waals surface area contributed by atoms with E-state index >= 15 is 0 Å². The van der Waals surface area contributed by atoms with Crippen LogP contribution in [0.15, 0.2) is 72.8 Å². The molecule has 0 atom stereocenters. The molecule has 0 spiro atoms. The van der Waals surface area contributed by atoms with Gasteiger partial charge in [-0.25, -0.2) is 28.8 Å². The highest BCUT2D eigenvalue weighted by atomic mass is 16.6. The fraction of sp³-hybridized carbons (Fsp3) is 0.333. The van der Waals surface area contributed by atoms with Crippen LogP contribution in [0.4, 0.5) is 0 Å². The van der Waals surface area contributed by atoms with Gasteiger partial charge in [0.25, 0.3) is 0 Å². The lowest BCUT2D eigenvalue weighted by atomic mass is 10.1. The summed E-state index contributed by atoms with van der Waals surface area (Å²) in [5, 5.41) is 49.3. The molecule has 296 valence electrons. The fourth-order valence-electron chi connectivity index (χ4n) is 3.35. The number of hydrogen-bond acceptors (Lipinski definition) is 18. The Morgan fingerprint density at radius 2 is 0.500 bits per heavy atom. The van der Waals surface area contributed by atoms with Gasteiger partial charge >= 0.3 is 35.8 Å². The lowest BCUT2D eigenvalue weighted by Gasteiger charge is -2.05. The van der Waals surface area contributed by atoms with Gasteiger partial charge < -0.3 is 59.1 Å². The molecule has 0 bridgehead atoms. The van der Waals surface area contributed by atoms with Crippen LogP contribution in [0.5, 0.6) is 0 Å². The quantitative estimate of drug-likeness (QED) is 0.0890. The molecular weight excluding hydrogens is 720 g/mol. The standard InChI is InChI=1S/2C12H14O6.C10H10O4.C2H6O2/c2*13-5-7-17-11(15)9-1-2-10(4-3-9)12(16)18-8-6-14;1-13-9(11)7-3-5-8(6-4-7)10(12)14-2;3-1-2-4/h2*1-4,13-14H,5-8H2;3-6H,1-2H3;3-4H,1-2H2. The highest BCUT2D eigenvalue weighted by Gasteiger charge is 2.12. The van der Waals surface area contributed by atoms with Crippen molar-refractivity contribution in [3.05, 3.63) is 106 Å². The molecule has 0 aliphatic rings. The molecule has 0 aliphatic carbocycles. The molecule has 0 aliphatic heterocycles. The number of methoxy groups -OCH3 is 2. The average Bonchev–Trinajstić information content (AvgIpc) is 3.22. The van der Waals surface area contributed by atoms with Crippen molar-refractivity contribution in [2.24, 2.45) is 0 Å². The summed E-state index contributed by atoms with van der Waals surface area (Å²) >= 11 is 0. The van der Waals surface area contributed by atoms with Gasteiger partial charge in [-0.05, 0) is 72.8 Å². The highest BCUT2D eigenvalue weighted by Crippen LogP contribution is 2.09. The van der Waals surface area contributed by atoms with Gasteiger partial charge in [-0.15, -0.1) is 0 Å². The molecule has 3 aromatic rings. The molecule has 6 N–H and O–H groups in total. The molecule has 0 saturated carbocycles. The fourth-order valence-corrected chi connectivity index (χ4v) is 3.35. The minimum Gasteiger partial charge on any atom is -0.465 e. The van der Waals surface area contributed by atoms with Crippen molar-refractivity contribution in [3.8, 4) is 0 Å². The molecule has 18 nitrogen and oxygen atoms in total. The smallest absolute Gasteiger partial charge is 0.338 e. The zero-order valence-corrected chi connectivity index (χ0v) is 29.6. The monoisotopic (exact) mass is 764 g/mol. The molecule has 0 aromatic heterocycles. The Morgan fingerprint density at radius 3 is 0.630 bits per heavy atom. The zero-order valence-electron chi connectivity index (χ0n) is 29.6. The molecule has 18 heteroatoms. The molecular formula is C36H44O18. The van der Waals surface area contributed by atoms with Crippen molar-refractivity contribution >= 4 is 35.8 Å². The average molecular weight is 765 g/mol. The maximum Gasteiger partial charge on any atom is 0.338 e. The van der Waals surface area contributed by atoms with Crippen molar-refractivity contribution in [2.45, 2.75) is 0 Å². The topological polar surface area (TPSA) is 279 Å². The maximum atomic E-state index is 11.4. The molecule has 0 radical (unpaired) electrons. The summed E-state index contributed by atoms with van der Waals surface area (Å²) in [5.74, 6) is -3.14. The van der Waals surface area contributed by atoms with Crippen molar-refractivity contribution in [1.29, 1.82) is 0 Å². The SMILES string of the molecule is COC(=O)c1ccc(C(=O)OC)cc1.O=C(OCCO)c1ccc(C(=O)OCCO)cc1.O=C(OCCO)c1ccc(C(=O)OCCO)cc1.OCCO. The first-order valence-electron chi connectivity index (χ1n) is 15.8. The van der Waals surface area contributed by atoms with Crippen LogP contribution in [0.25, 0.3) is 0 Å². The second-order valence-corrected chi connectivity index (χ2v) is 9.60. The lowest BCUT2D eigenvalue weighted by molar-refractivity contribution is 0.0422. The minimum absolute atomic E-state index is 0.0703. The number of hydrogen-bond donors (Lipinski definition) is 6. The van der Waals surface area contributed by atoms with E-state index in [-0.39, 0.29) is 88.3 Å². The number of esters is 6. The van der Waals surface area contributed by atoms with Crippen LogP contribution >= 0.6 is 0 Å². The molecule has 0 saturated heterocycles. The Morgan fingerprint density at radius 1 is 0.333 bits per heavy atom. The summed E-state index contributed by atoms with van der Waals surface area (Å²) in [5.41, 5.74) is 1.92. The van der Waals surface area contributed by atoms with Crippen molar-refractivity contribution in [2.75, 3.05) is 80.3 Å². The summed E-state index contributed by atoms with van der Waals surface area (Å²) < 4.78 is 27.8. The van der Waals surface area contributed by atoms with Crippen LogP contribution < -0.4 is 0 Å². The number of benzene rings is 3. The summed E-state index contributed by atoms with van der Waals surface area (Å²) in [4.78, 5) is 67.5. The van der Waals surface area contributed by atoms with Crippen molar-refractivity contribution in [3.63, 3.8) is 0 Å². The second kappa shape index (κ2) is 29.8. The molecule has 0 unspecified atom stereocenters. The molecule has 0 fully saturated rings. The normalized spacial score (nSPS) is 9.56. The van der Waals surface area contributed by atoms with Gasteiger partial charge in [0.05, 0.1) is 87.2 Å². The predicted octanol–water partition coefficient (Wildman–Crippen LogP) is 0.200. The first-order chi connectivity index (χ1) is 26.0. The van der Waals surface area contributed by atoms with Crippen LogP contribution in [-0.2, 0) is 28.4 Å². The molecule has 0 heterocycles. The van der Waals surface area contributed by atoms with Gasteiger partial charge in [0.2, 0.25) is 0 Å². The lowest BCUT2D eigenvalue weighted by Crippen LogP contribution is -2.11. The van der Waals surface area contributed by atoms with Gasteiger partial charge in [-0.1, -0.05) is 0 Å². The third-order valence-corrected chi connectivity index (χ3v) is 5.84. The van der Waals surface area contributed by atoms with Gasteiger partial charge in [0, 0.05) is 0 Å². The largest absolute Gasteiger partial charge is 0.465 e. The van der Waals surface area contributed by atoms with Crippen LogP contribution in [0.2, 0.25) is 0 Å². The maximum absolute atomic E-state index is 11.4. The predicted molar refractivity (Wildman–Crippen MR) is 186 cm³/mol. The van der Waals surface area contributed by atoms with Crippen molar-refractivity contribution < 1.29 is 87.8 Å². The Bertz CT molecular complexity index is 1340. The number of aliphatic hydroxyl groups is 6. The summed E-state index contributed by atoms with van der Waals surface area (Å²) in [7, 11) is 2.60. The molecule has 54 heavy (non-hydrogen) atoms. The van der Waals surface area contributed by atoms with Gasteiger partial charge in [-0.2, -0.15) is 0 Å². The number of carbonyl (C=O) groups is 6. The molecule has 3 aromatic carbocycles. The van der Waals surface area contributed by atoms with Crippen molar-refractivity contribution in [1.82, 2.24) is 0 Å². The Kier molecular flexibility index (Phi) is 26.6. The molecule has 0 amide bonds. The summed E-state index contributed by atoms with van der Waals surface area (Å²) in [6.45, 7) is -1.49. The van der Waals surface area contributed by atoms with Gasteiger partial charge in [0.1, 0.15) is 26.4 Å². The first kappa shape index (κ1) is 48.2. The Balaban J connectivity index is 0.000000747. The first-order valence-corrected chi connectivity index (χ1v) is 15.8. The van der Waals surface area contributed by atoms with Crippen LogP contribution in [0.3, 0.4) is 0 Å². The van der Waals surface area contributed by atoms with E-state index in [9.17, 15) is 28.8 Å². The van der Waals surface area contributed by atoms with Crippen LogP contribution in [0.1, 0.15) is 62.1 Å². The summed E-state index contributed by atoms with van der Waals surface area (Å²) in [6.07, 6.45) is 0. The van der Waals surface area contributed by atoms with E-state index in [0.29, 0.717) is 11.1 Å². The minimum atomic E-state index is -0.570. The zero-order chi connectivity index (χ0) is 40.7. The Hall–Kier alpha value is -5.76. The van der Waals surface area contributed by atoms with E-state index in [1.807, 2.05) is 0 Å². The number of ether oxygens (including phenoxy) is 6. The third kappa shape index (κ3) is 19.7. The molecule has 3 rings (SSSR count). The van der Waals surface area contributed by atoms with E-state index < -0.39 is 35.8 Å². The second-order valence-electron chi connectivity index (χ2n) is 9.60. The number of carbonyl (C=O) groups excluding carboxylic acids is 6. The van der Waals surface area contributed by atoms with E-state index in [1.54, 1.807) is 0 Å². The van der Waals surface area contributed by atoms with Crippen LogP contribution in [0, 0.1) is 0 Å².